The minimum atomic E-state index is 0.0743. The number of nitriles is 1. The van der Waals surface area contributed by atoms with E-state index in [1.54, 1.807) is 6.08 Å². The molecule has 0 spiro atoms. The van der Waals surface area contributed by atoms with E-state index >= 15 is 0 Å². The van der Waals surface area contributed by atoms with Gasteiger partial charge in [0.15, 0.2) is 0 Å². The Morgan fingerprint density at radius 1 is 1.65 bits per heavy atom. The molecule has 0 aromatic carbocycles. The van der Waals surface area contributed by atoms with E-state index in [1.807, 2.05) is 31.1 Å². The Hall–Kier alpha value is -0.718. The molecule has 1 unspecified atom stereocenters. The van der Waals surface area contributed by atoms with E-state index in [0.717, 1.165) is 48.5 Å². The molecule has 1 aromatic heterocycles. The van der Waals surface area contributed by atoms with Crippen LogP contribution < -0.4 is 0 Å². The number of rotatable bonds is 3. The number of hydrogen-bond donors (Lipinski definition) is 0. The monoisotopic (exact) mass is 482 g/mol. The van der Waals surface area contributed by atoms with E-state index < -0.39 is 0 Å². The van der Waals surface area contributed by atoms with E-state index in [9.17, 15) is 4.79 Å². The first-order valence-corrected chi connectivity index (χ1v) is 9.43. The zero-order chi connectivity index (χ0) is 14.7. The quantitative estimate of drug-likeness (QED) is 0.480. The van der Waals surface area contributed by atoms with Gasteiger partial charge in [-0.05, 0) is 0 Å². The second-order valence-electron chi connectivity index (χ2n) is 4.95. The number of fused-ring (bicyclic) bond motifs is 1. The van der Waals surface area contributed by atoms with Gasteiger partial charge < -0.3 is 0 Å². The number of thiophene rings is 1. The first-order chi connectivity index (χ1) is 9.51. The standard InChI is InChI=1S/C14H16N3OS.Pb/c1-16(2)6-3-4-14(18)17-7-5-11-8-12(9-15)19-13(11)10-17;/h3-4,6,8H,5,7,10H2,1-2H3;/b4-3+;. The molecule has 1 amide bonds. The van der Waals surface area contributed by atoms with Gasteiger partial charge in [0, 0.05) is 0 Å². The normalized spacial score (nSPS) is 16.2. The van der Waals surface area contributed by atoms with Crippen LogP contribution in [0.3, 0.4) is 0 Å². The average Bonchev–Trinajstić information content (AvgIpc) is 2.86. The fourth-order valence-electron chi connectivity index (χ4n) is 2.01. The van der Waals surface area contributed by atoms with Gasteiger partial charge in [-0.15, -0.1) is 0 Å². The molecule has 0 aliphatic carbocycles. The maximum absolute atomic E-state index is 12.2. The Balaban J connectivity index is 2.02. The molecule has 1 atom stereocenters. The number of likely N-dealkylation sites (N-methyl/N-ethyl adjacent to an activating group) is 1. The molecule has 0 saturated heterocycles. The van der Waals surface area contributed by atoms with Gasteiger partial charge in [0.1, 0.15) is 0 Å². The van der Waals surface area contributed by atoms with Crippen molar-refractivity contribution < 1.29 is 4.79 Å². The summed E-state index contributed by atoms with van der Waals surface area (Å²) in [5.74, 6) is 0.0743. The number of amides is 1. The van der Waals surface area contributed by atoms with Crippen LogP contribution in [0.5, 0.6) is 0 Å². The van der Waals surface area contributed by atoms with Gasteiger partial charge in [0.25, 0.3) is 0 Å². The number of nitrogens with zero attached hydrogens (tertiary/aromatic N) is 3. The van der Waals surface area contributed by atoms with Gasteiger partial charge in [-0.3, -0.25) is 0 Å². The van der Waals surface area contributed by atoms with E-state index in [1.165, 1.54) is 16.9 Å². The third-order valence-corrected chi connectivity index (χ3v) is 7.10. The zero-order valence-electron chi connectivity index (χ0n) is 11.6. The summed E-state index contributed by atoms with van der Waals surface area (Å²) >= 11 is 2.51. The van der Waals surface area contributed by atoms with Crippen LogP contribution in [0.15, 0.2) is 18.2 Å². The molecule has 6 heteroatoms. The molecule has 3 radical (unpaired) electrons. The van der Waals surface area contributed by atoms with Crippen LogP contribution in [0.1, 0.15) is 15.3 Å². The van der Waals surface area contributed by atoms with Gasteiger partial charge in [-0.2, -0.15) is 0 Å². The van der Waals surface area contributed by atoms with Crippen LogP contribution in [-0.4, -0.2) is 65.7 Å². The molecule has 1 aliphatic rings. The summed E-state index contributed by atoms with van der Waals surface area (Å²) in [5.41, 5.74) is 1.23. The fraction of sp³-hybridized carbons (Fsp3) is 0.429. The SMILES string of the molecule is CN(C)[CH]([Pb])/C=C/C(=O)N1CCc2cc(C#N)sc2C1. The van der Waals surface area contributed by atoms with Crippen molar-refractivity contribution in [3.63, 3.8) is 0 Å². The molecular formula is C14H16N3OPbS. The van der Waals surface area contributed by atoms with Crippen LogP contribution >= 0.6 is 11.3 Å². The van der Waals surface area contributed by atoms with Crippen molar-refractivity contribution in [3.8, 4) is 6.07 Å². The molecule has 4 nitrogen and oxygen atoms in total. The summed E-state index contributed by atoms with van der Waals surface area (Å²) in [5, 5.41) is 8.93. The zero-order valence-corrected chi connectivity index (χ0v) is 16.3. The van der Waals surface area contributed by atoms with Gasteiger partial charge in [-0.1, -0.05) is 0 Å². The molecule has 1 aliphatic heterocycles. The Labute approximate surface area is 139 Å². The summed E-state index contributed by atoms with van der Waals surface area (Å²) < 4.78 is 0.381. The molecule has 0 fully saturated rings. The van der Waals surface area contributed by atoms with Gasteiger partial charge in [-0.25, -0.2) is 0 Å². The molecule has 0 N–H and O–H groups in total. The summed E-state index contributed by atoms with van der Waals surface area (Å²) in [4.78, 5) is 18.1. The van der Waals surface area contributed by atoms with Gasteiger partial charge in [0.05, 0.1) is 0 Å². The molecular weight excluding hydrogens is 465 g/mol. The average molecular weight is 482 g/mol. The minimum absolute atomic E-state index is 0.0743. The predicted octanol–water partition coefficient (Wildman–Crippen LogP) is 1.12. The Morgan fingerprint density at radius 2 is 2.40 bits per heavy atom. The molecule has 0 bridgehead atoms. The topological polar surface area (TPSA) is 47.3 Å². The van der Waals surface area contributed by atoms with Crippen molar-refractivity contribution in [2.24, 2.45) is 0 Å². The van der Waals surface area contributed by atoms with Crippen molar-refractivity contribution >= 4 is 43.0 Å². The molecule has 20 heavy (non-hydrogen) atoms. The van der Waals surface area contributed by atoms with Crippen molar-refractivity contribution in [2.75, 3.05) is 20.6 Å². The molecule has 2 heterocycles. The first-order valence-electron chi connectivity index (χ1n) is 6.37. The van der Waals surface area contributed by atoms with Gasteiger partial charge in [0.2, 0.25) is 0 Å². The molecule has 0 saturated carbocycles. The molecule has 2 rings (SSSR count). The van der Waals surface area contributed by atoms with Crippen molar-refractivity contribution in [2.45, 2.75) is 16.6 Å². The third-order valence-electron chi connectivity index (χ3n) is 3.28. The summed E-state index contributed by atoms with van der Waals surface area (Å²) in [6.07, 6.45) is 4.53. The van der Waals surface area contributed by atoms with Crippen LogP contribution in [0, 0.1) is 11.3 Å². The van der Waals surface area contributed by atoms with Crippen LogP contribution in [-0.2, 0) is 17.8 Å². The first kappa shape index (κ1) is 15.7. The van der Waals surface area contributed by atoms with Crippen LogP contribution in [0.4, 0.5) is 0 Å². The van der Waals surface area contributed by atoms with Gasteiger partial charge >= 0.3 is 140 Å². The number of carbonyl (C=O) groups excluding carboxylic acids is 1. The molecule has 103 valence electrons. The van der Waals surface area contributed by atoms with E-state index in [4.69, 9.17) is 5.26 Å². The van der Waals surface area contributed by atoms with E-state index in [0.29, 0.717) is 10.1 Å². The van der Waals surface area contributed by atoms with E-state index in [2.05, 4.69) is 11.0 Å². The Kier molecular flexibility index (Phi) is 5.35. The Morgan fingerprint density at radius 3 is 3.05 bits per heavy atom. The third kappa shape index (κ3) is 3.68. The predicted molar refractivity (Wildman–Crippen MR) is 80.5 cm³/mol. The van der Waals surface area contributed by atoms with Crippen molar-refractivity contribution in [1.82, 2.24) is 9.80 Å². The van der Waals surface area contributed by atoms with Crippen LogP contribution in [0.2, 0.25) is 0 Å². The van der Waals surface area contributed by atoms with Crippen molar-refractivity contribution in [1.29, 1.82) is 5.26 Å². The summed E-state index contributed by atoms with van der Waals surface area (Å²) in [7, 11) is 4.05. The summed E-state index contributed by atoms with van der Waals surface area (Å²) in [6.45, 7) is 1.38. The second kappa shape index (κ2) is 6.83. The summed E-state index contributed by atoms with van der Waals surface area (Å²) in [6, 6.07) is 4.14. The van der Waals surface area contributed by atoms with Crippen LogP contribution in [0.25, 0.3) is 0 Å². The Bertz CT molecular complexity index is 573. The number of hydrogen-bond acceptors (Lipinski definition) is 4. The maximum atomic E-state index is 12.2. The number of carbonyl (C=O) groups is 1. The second-order valence-corrected chi connectivity index (χ2v) is 8.38. The van der Waals surface area contributed by atoms with Crippen molar-refractivity contribution in [3.05, 3.63) is 33.5 Å². The fourth-order valence-corrected chi connectivity index (χ4v) is 3.41. The molecule has 1 aromatic rings. The van der Waals surface area contributed by atoms with E-state index in [-0.39, 0.29) is 5.91 Å².